The predicted octanol–water partition coefficient (Wildman–Crippen LogP) is 0.439. The molecule has 1 N–H and O–H groups in total. The number of rotatable bonds is 6. The van der Waals surface area contributed by atoms with Crippen molar-refractivity contribution in [2.24, 2.45) is 0 Å². The Labute approximate surface area is 83.7 Å². The van der Waals surface area contributed by atoms with Gasteiger partial charge in [0, 0.05) is 27.3 Å². The summed E-state index contributed by atoms with van der Waals surface area (Å²) in [4.78, 5) is 0. The molecule has 3 nitrogen and oxygen atoms in total. The molecule has 0 unspecified atom stereocenters. The molecule has 0 aromatic rings. The fourth-order valence-electron chi connectivity index (χ4n) is 0.473. The number of hydrogen-bond donors (Lipinski definition) is 1. The molecule has 13 heavy (non-hydrogen) atoms. The van der Waals surface area contributed by atoms with Gasteiger partial charge in [0.2, 0.25) is 0 Å². The van der Waals surface area contributed by atoms with Crippen molar-refractivity contribution in [3.8, 4) is 0 Å². The van der Waals surface area contributed by atoms with Crippen molar-refractivity contribution in [3.63, 3.8) is 0 Å². The first-order valence-corrected chi connectivity index (χ1v) is 3.10. The van der Waals surface area contributed by atoms with E-state index in [1.54, 1.807) is 14.2 Å². The summed E-state index contributed by atoms with van der Waals surface area (Å²) in [6.07, 6.45) is 0. The van der Waals surface area contributed by atoms with Gasteiger partial charge in [-0.05, 0) is 0 Å². The summed E-state index contributed by atoms with van der Waals surface area (Å²) in [6, 6.07) is 0. The summed E-state index contributed by atoms with van der Waals surface area (Å²) in [5.41, 5.74) is 0. The predicted molar refractivity (Wildman–Crippen MR) is 54.5 cm³/mol. The summed E-state index contributed by atoms with van der Waals surface area (Å²) >= 11 is 0. The summed E-state index contributed by atoms with van der Waals surface area (Å²) < 4.78 is 9.64. The minimum absolute atomic E-state index is 0. The summed E-state index contributed by atoms with van der Waals surface area (Å²) in [5.74, 6) is 0. The van der Waals surface area contributed by atoms with E-state index in [4.69, 9.17) is 9.47 Å². The van der Waals surface area contributed by atoms with Crippen molar-refractivity contribution in [1.82, 2.24) is 5.32 Å². The smallest absolute Gasteiger partial charge is 0.0587 e. The molecule has 0 aliphatic rings. The molecule has 0 aromatic heterocycles. The van der Waals surface area contributed by atoms with Gasteiger partial charge < -0.3 is 14.8 Å². The lowest BCUT2D eigenvalue weighted by Crippen LogP contribution is -2.23. The number of nitrogens with one attached hydrogen (secondary N) is 1. The second-order valence-corrected chi connectivity index (χ2v) is 1.74. The Hall–Kier alpha value is 0.0200. The Kier molecular flexibility index (Phi) is 66.6. The van der Waals surface area contributed by atoms with Crippen molar-refractivity contribution in [2.45, 2.75) is 0 Å². The van der Waals surface area contributed by atoms with E-state index in [0.717, 1.165) is 26.3 Å². The quantitative estimate of drug-likeness (QED) is 0.668. The highest BCUT2D eigenvalue weighted by Crippen LogP contribution is 1.65. The van der Waals surface area contributed by atoms with E-state index < -0.39 is 0 Å². The summed E-state index contributed by atoms with van der Waals surface area (Å²) in [6.45, 7) is 3.34. The van der Waals surface area contributed by atoms with E-state index in [1.165, 1.54) is 0 Å². The zero-order valence-electron chi connectivity index (χ0n) is 7.87. The van der Waals surface area contributed by atoms with Crippen molar-refractivity contribution in [2.75, 3.05) is 40.5 Å². The molecule has 0 atom stereocenters. The van der Waals surface area contributed by atoms with Gasteiger partial charge >= 0.3 is 0 Å². The van der Waals surface area contributed by atoms with Crippen LogP contribution in [0.2, 0.25) is 0 Å². The Balaban J connectivity index is -0.0000000533. The van der Waals surface area contributed by atoms with E-state index in [0.29, 0.717) is 0 Å². The van der Waals surface area contributed by atoms with Crippen LogP contribution in [0, 0.1) is 0 Å². The highest BCUT2D eigenvalue weighted by atomic mass is 32.1. The van der Waals surface area contributed by atoms with Crippen molar-refractivity contribution >= 4 is 13.5 Å². The van der Waals surface area contributed by atoms with Crippen molar-refractivity contribution < 1.29 is 23.6 Å². The van der Waals surface area contributed by atoms with Crippen LogP contribution in [-0.2, 0) is 9.47 Å². The first kappa shape index (κ1) is 29.2. The molecule has 0 fully saturated rings. The molecule has 7 heteroatoms. The second-order valence-electron chi connectivity index (χ2n) is 1.74. The van der Waals surface area contributed by atoms with Crippen molar-refractivity contribution in [1.29, 1.82) is 0 Å². The van der Waals surface area contributed by atoms with Gasteiger partial charge in [-0.2, -0.15) is 13.5 Å². The lowest BCUT2D eigenvalue weighted by molar-refractivity contribution is 0.180. The molecule has 0 radical (unpaired) electrons. The highest BCUT2D eigenvalue weighted by Gasteiger charge is 1.83. The summed E-state index contributed by atoms with van der Waals surface area (Å²) in [5, 5.41) is 3.14. The molecule has 0 saturated heterocycles. The Bertz CT molecular complexity index is 59.1. The number of methoxy groups -OCH3 is 2. The van der Waals surface area contributed by atoms with Gasteiger partial charge in [0.25, 0.3) is 0 Å². The largest absolute Gasteiger partial charge is 0.383 e. The molecule has 0 aromatic carbocycles. The van der Waals surface area contributed by atoms with Crippen molar-refractivity contribution in [3.05, 3.63) is 0 Å². The monoisotopic (exact) mass is 227 g/mol. The molecule has 0 amide bonds. The third-order valence-electron chi connectivity index (χ3n) is 0.966. The van der Waals surface area contributed by atoms with Gasteiger partial charge in [0.05, 0.1) is 13.2 Å². The van der Waals surface area contributed by atoms with Crippen LogP contribution in [0.25, 0.3) is 0 Å². The van der Waals surface area contributed by atoms with Crippen LogP contribution in [0.15, 0.2) is 0 Å². The van der Waals surface area contributed by atoms with Crippen LogP contribution in [0.1, 0.15) is 0 Å². The average molecular weight is 227 g/mol. The van der Waals surface area contributed by atoms with Gasteiger partial charge in [0.1, 0.15) is 0 Å². The molecule has 88 valence electrons. The van der Waals surface area contributed by atoms with Gasteiger partial charge in [-0.1, -0.05) is 0 Å². The maximum Gasteiger partial charge on any atom is 0.0587 e. The van der Waals surface area contributed by atoms with Gasteiger partial charge in [0.15, 0.2) is 0 Å². The molecule has 0 heterocycles. The highest BCUT2D eigenvalue weighted by molar-refractivity contribution is 7.59. The van der Waals surface area contributed by atoms with Gasteiger partial charge in [-0.3, -0.25) is 14.1 Å². The number of halogens is 3. The molecule has 0 bridgehead atoms. The van der Waals surface area contributed by atoms with E-state index in [1.807, 2.05) is 0 Å². The van der Waals surface area contributed by atoms with Crippen LogP contribution >= 0.6 is 13.5 Å². The van der Waals surface area contributed by atoms with Gasteiger partial charge in [-0.15, -0.1) is 0 Å². The normalized spacial score (nSPS) is 6.92. The fraction of sp³-hybridized carbons (Fsp3) is 1.00. The molecule has 0 aliphatic carbocycles. The minimum atomic E-state index is 0. The molecular formula is C6H20F3NO2S. The maximum atomic E-state index is 4.82. The van der Waals surface area contributed by atoms with E-state index in [2.05, 4.69) is 5.32 Å². The Morgan fingerprint density at radius 3 is 1.38 bits per heavy atom. The lowest BCUT2D eigenvalue weighted by Gasteiger charge is -2.01. The maximum absolute atomic E-state index is 4.82. The SMILES string of the molecule is COCCNCCOC.F.F.F.S. The third-order valence-corrected chi connectivity index (χ3v) is 0.966. The second kappa shape index (κ2) is 29.6. The van der Waals surface area contributed by atoms with Crippen LogP contribution in [-0.4, -0.2) is 40.5 Å². The molecular weight excluding hydrogens is 207 g/mol. The lowest BCUT2D eigenvalue weighted by atomic mass is 10.6. The van der Waals surface area contributed by atoms with E-state index in [-0.39, 0.29) is 27.6 Å². The molecule has 0 spiro atoms. The number of hydrogen-bond acceptors (Lipinski definition) is 3. The Morgan fingerprint density at radius 2 is 1.15 bits per heavy atom. The Morgan fingerprint density at radius 1 is 0.846 bits per heavy atom. The van der Waals surface area contributed by atoms with E-state index in [9.17, 15) is 0 Å². The fourth-order valence-corrected chi connectivity index (χ4v) is 0.473. The number of ether oxygens (including phenoxy) is 2. The minimum Gasteiger partial charge on any atom is -0.383 e. The van der Waals surface area contributed by atoms with Crippen LogP contribution < -0.4 is 5.32 Å². The van der Waals surface area contributed by atoms with Gasteiger partial charge in [-0.25, -0.2) is 0 Å². The average Bonchev–Trinajstić information content (AvgIpc) is 1.89. The molecule has 0 aliphatic heterocycles. The van der Waals surface area contributed by atoms with Crippen LogP contribution in [0.3, 0.4) is 0 Å². The summed E-state index contributed by atoms with van der Waals surface area (Å²) in [7, 11) is 3.38. The molecule has 0 rings (SSSR count). The zero-order valence-corrected chi connectivity index (χ0v) is 8.87. The third kappa shape index (κ3) is 33.3. The molecule has 0 saturated carbocycles. The zero-order chi connectivity index (χ0) is 6.95. The standard InChI is InChI=1S/C6H15NO2.3FH.H2S/c1-8-5-3-7-4-6-9-2;;;;/h7H,3-6H2,1-2H3;3*1H;1H2. The van der Waals surface area contributed by atoms with E-state index >= 15 is 0 Å². The van der Waals surface area contributed by atoms with Crippen LogP contribution in [0.5, 0.6) is 0 Å². The first-order valence-electron chi connectivity index (χ1n) is 3.10. The topological polar surface area (TPSA) is 30.5 Å². The van der Waals surface area contributed by atoms with Crippen LogP contribution in [0.4, 0.5) is 14.1 Å². The first-order chi connectivity index (χ1) is 4.41.